The van der Waals surface area contributed by atoms with E-state index in [4.69, 9.17) is 21.1 Å². The summed E-state index contributed by atoms with van der Waals surface area (Å²) in [5.41, 5.74) is 2.72. The number of nitrogens with zero attached hydrogens (tertiary/aromatic N) is 2. The van der Waals surface area contributed by atoms with Crippen LogP contribution < -0.4 is 14.9 Å². The van der Waals surface area contributed by atoms with Gasteiger partial charge in [-0.2, -0.15) is 5.10 Å². The monoisotopic (exact) mass is 363 g/mol. The van der Waals surface area contributed by atoms with E-state index in [-0.39, 0.29) is 11.3 Å². The van der Waals surface area contributed by atoms with E-state index in [1.165, 1.54) is 38.6 Å². The molecule has 0 radical (unpaired) electrons. The number of carbonyl (C=O) groups excluding carboxylic acids is 1. The van der Waals surface area contributed by atoms with Crippen LogP contribution in [0.4, 0.5) is 5.69 Å². The Balaban J connectivity index is 2.14. The van der Waals surface area contributed by atoms with Crippen molar-refractivity contribution in [3.63, 3.8) is 0 Å². The fraction of sp³-hybridized carbons (Fsp3) is 0.125. The molecule has 0 aliphatic heterocycles. The molecule has 1 amide bonds. The number of hydrogen-bond donors (Lipinski definition) is 1. The summed E-state index contributed by atoms with van der Waals surface area (Å²) in [4.78, 5) is 22.1. The van der Waals surface area contributed by atoms with Gasteiger partial charge in [-0.25, -0.2) is 5.43 Å². The van der Waals surface area contributed by atoms with E-state index in [1.54, 1.807) is 12.1 Å². The van der Waals surface area contributed by atoms with E-state index < -0.39 is 10.8 Å². The lowest BCUT2D eigenvalue weighted by Gasteiger charge is -2.09. The molecule has 25 heavy (non-hydrogen) atoms. The summed E-state index contributed by atoms with van der Waals surface area (Å²) < 4.78 is 10.3. The standard InChI is InChI=1S/C16H14ClN3O5/c1-24-14-7-11(13(17)8-15(14)25-2)9-18-19-16(21)10-4-3-5-12(6-10)20(22)23/h3-9H,1-2H3,(H,19,21)/b18-9+. The second-order valence-electron chi connectivity index (χ2n) is 4.74. The van der Waals surface area contributed by atoms with E-state index in [0.29, 0.717) is 22.1 Å². The van der Waals surface area contributed by atoms with E-state index in [1.807, 2.05) is 0 Å². The molecule has 8 nitrogen and oxygen atoms in total. The molecule has 0 spiro atoms. The molecule has 0 heterocycles. The fourth-order valence-electron chi connectivity index (χ4n) is 1.95. The van der Waals surface area contributed by atoms with Gasteiger partial charge < -0.3 is 9.47 Å². The zero-order chi connectivity index (χ0) is 18.4. The molecule has 0 bridgehead atoms. The van der Waals surface area contributed by atoms with Gasteiger partial charge in [0.2, 0.25) is 0 Å². The van der Waals surface area contributed by atoms with Crippen LogP contribution in [0.5, 0.6) is 11.5 Å². The summed E-state index contributed by atoms with van der Waals surface area (Å²) in [6, 6.07) is 8.48. The van der Waals surface area contributed by atoms with Crippen molar-refractivity contribution < 1.29 is 19.2 Å². The van der Waals surface area contributed by atoms with Crippen LogP contribution in [0.2, 0.25) is 5.02 Å². The van der Waals surface area contributed by atoms with E-state index in [0.717, 1.165) is 6.07 Å². The Labute approximate surface area is 148 Å². The van der Waals surface area contributed by atoms with Crippen LogP contribution in [0.3, 0.4) is 0 Å². The molecular formula is C16H14ClN3O5. The number of amides is 1. The number of nitrogens with one attached hydrogen (secondary N) is 1. The molecule has 0 atom stereocenters. The summed E-state index contributed by atoms with van der Waals surface area (Å²) in [6.07, 6.45) is 1.33. The highest BCUT2D eigenvalue weighted by Gasteiger charge is 2.11. The molecule has 1 N–H and O–H groups in total. The Kier molecular flexibility index (Phi) is 5.91. The lowest BCUT2D eigenvalue weighted by atomic mass is 10.2. The molecule has 9 heteroatoms. The van der Waals surface area contributed by atoms with Crippen molar-refractivity contribution in [3.05, 3.63) is 62.7 Å². The number of carbonyl (C=O) groups is 1. The van der Waals surface area contributed by atoms with Crippen molar-refractivity contribution >= 4 is 29.4 Å². The first-order valence-corrected chi connectivity index (χ1v) is 7.33. The number of hydrazone groups is 1. The number of methoxy groups -OCH3 is 2. The van der Waals surface area contributed by atoms with Gasteiger partial charge in [0.15, 0.2) is 11.5 Å². The quantitative estimate of drug-likeness (QED) is 0.482. The molecule has 130 valence electrons. The van der Waals surface area contributed by atoms with Crippen LogP contribution in [-0.4, -0.2) is 31.3 Å². The maximum absolute atomic E-state index is 12.0. The molecule has 0 saturated heterocycles. The maximum atomic E-state index is 12.0. The normalized spacial score (nSPS) is 10.5. The van der Waals surface area contributed by atoms with Crippen molar-refractivity contribution in [2.75, 3.05) is 14.2 Å². The minimum absolute atomic E-state index is 0.116. The SMILES string of the molecule is COc1cc(Cl)c(/C=N/NC(=O)c2cccc([N+](=O)[O-])c2)cc1OC. The lowest BCUT2D eigenvalue weighted by molar-refractivity contribution is -0.384. The number of benzene rings is 2. The number of halogens is 1. The summed E-state index contributed by atoms with van der Waals surface area (Å²) in [7, 11) is 2.97. The van der Waals surface area contributed by atoms with E-state index in [2.05, 4.69) is 10.5 Å². The molecule has 0 saturated carbocycles. The molecule has 0 aliphatic carbocycles. The molecular weight excluding hydrogens is 350 g/mol. The van der Waals surface area contributed by atoms with Gasteiger partial charge in [0, 0.05) is 29.3 Å². The number of hydrogen-bond acceptors (Lipinski definition) is 6. The van der Waals surface area contributed by atoms with Crippen LogP contribution in [-0.2, 0) is 0 Å². The topological polar surface area (TPSA) is 103 Å². The first kappa shape index (κ1) is 18.2. The summed E-state index contributed by atoms with van der Waals surface area (Å²) in [6.45, 7) is 0. The number of nitro groups is 1. The highest BCUT2D eigenvalue weighted by atomic mass is 35.5. The van der Waals surface area contributed by atoms with E-state index >= 15 is 0 Å². The number of rotatable bonds is 6. The van der Waals surface area contributed by atoms with Crippen LogP contribution in [0.15, 0.2) is 41.5 Å². The third-order valence-corrected chi connectivity index (χ3v) is 3.52. The molecule has 2 aromatic rings. The number of ether oxygens (including phenoxy) is 2. The second kappa shape index (κ2) is 8.11. The average molecular weight is 364 g/mol. The Morgan fingerprint density at radius 2 is 1.92 bits per heavy atom. The third-order valence-electron chi connectivity index (χ3n) is 3.19. The van der Waals surface area contributed by atoms with Crippen LogP contribution >= 0.6 is 11.6 Å². The Bertz CT molecular complexity index is 839. The Morgan fingerprint density at radius 3 is 2.56 bits per heavy atom. The summed E-state index contributed by atoms with van der Waals surface area (Å²) in [5.74, 6) is 0.334. The van der Waals surface area contributed by atoms with Gasteiger partial charge in [0.25, 0.3) is 11.6 Å². The summed E-state index contributed by atoms with van der Waals surface area (Å²) >= 11 is 6.11. The Morgan fingerprint density at radius 1 is 1.24 bits per heavy atom. The lowest BCUT2D eigenvalue weighted by Crippen LogP contribution is -2.17. The largest absolute Gasteiger partial charge is 0.493 e. The molecule has 0 aliphatic rings. The van der Waals surface area contributed by atoms with Crippen molar-refractivity contribution in [2.45, 2.75) is 0 Å². The molecule has 2 aromatic carbocycles. The zero-order valence-electron chi connectivity index (χ0n) is 13.4. The predicted octanol–water partition coefficient (Wildman–Crippen LogP) is 3.03. The van der Waals surface area contributed by atoms with Crippen molar-refractivity contribution in [2.24, 2.45) is 5.10 Å². The fourth-order valence-corrected chi connectivity index (χ4v) is 2.16. The molecule has 0 fully saturated rings. The minimum atomic E-state index is -0.587. The second-order valence-corrected chi connectivity index (χ2v) is 5.14. The Hall–Kier alpha value is -3.13. The average Bonchev–Trinajstić information content (AvgIpc) is 2.62. The number of non-ortho nitro benzene ring substituents is 1. The van der Waals surface area contributed by atoms with E-state index in [9.17, 15) is 14.9 Å². The maximum Gasteiger partial charge on any atom is 0.271 e. The van der Waals surface area contributed by atoms with Crippen LogP contribution in [0.1, 0.15) is 15.9 Å². The first-order chi connectivity index (χ1) is 12.0. The van der Waals surface area contributed by atoms with Gasteiger partial charge in [-0.15, -0.1) is 0 Å². The van der Waals surface area contributed by atoms with Crippen molar-refractivity contribution in [1.29, 1.82) is 0 Å². The van der Waals surface area contributed by atoms with Gasteiger partial charge in [0.1, 0.15) is 0 Å². The molecule has 0 aromatic heterocycles. The van der Waals surface area contributed by atoms with Crippen molar-refractivity contribution in [3.8, 4) is 11.5 Å². The number of nitro benzene ring substituents is 1. The van der Waals surface area contributed by atoms with Crippen LogP contribution in [0, 0.1) is 10.1 Å². The first-order valence-electron chi connectivity index (χ1n) is 6.95. The third kappa shape index (κ3) is 4.45. The van der Waals surface area contributed by atoms with Gasteiger partial charge in [-0.1, -0.05) is 17.7 Å². The smallest absolute Gasteiger partial charge is 0.271 e. The van der Waals surface area contributed by atoms with Gasteiger partial charge in [-0.05, 0) is 12.1 Å². The predicted molar refractivity (Wildman–Crippen MR) is 92.7 cm³/mol. The van der Waals surface area contributed by atoms with Gasteiger partial charge in [0.05, 0.1) is 30.4 Å². The minimum Gasteiger partial charge on any atom is -0.493 e. The highest BCUT2D eigenvalue weighted by Crippen LogP contribution is 2.32. The van der Waals surface area contributed by atoms with Crippen molar-refractivity contribution in [1.82, 2.24) is 5.43 Å². The summed E-state index contributed by atoms with van der Waals surface area (Å²) in [5, 5.41) is 14.9. The highest BCUT2D eigenvalue weighted by molar-refractivity contribution is 6.33. The zero-order valence-corrected chi connectivity index (χ0v) is 14.1. The van der Waals surface area contributed by atoms with Gasteiger partial charge >= 0.3 is 0 Å². The van der Waals surface area contributed by atoms with Crippen LogP contribution in [0.25, 0.3) is 0 Å². The molecule has 2 rings (SSSR count). The van der Waals surface area contributed by atoms with Gasteiger partial charge in [-0.3, -0.25) is 14.9 Å². The molecule has 0 unspecified atom stereocenters.